The molecule has 2 rings (SSSR count). The Kier molecular flexibility index (Phi) is 6.61. The maximum absolute atomic E-state index is 12.4. The van der Waals surface area contributed by atoms with E-state index in [1.165, 1.54) is 13.0 Å². The summed E-state index contributed by atoms with van der Waals surface area (Å²) >= 11 is 6.59. The highest BCUT2D eigenvalue weighted by Gasteiger charge is 2.28. The molecule has 0 saturated heterocycles. The minimum atomic E-state index is -4.29. The van der Waals surface area contributed by atoms with Crippen LogP contribution in [-0.4, -0.2) is 23.9 Å². The molecule has 25 heavy (non-hydrogen) atoms. The molecule has 1 unspecified atom stereocenters. The van der Waals surface area contributed by atoms with Crippen LogP contribution in [0.3, 0.4) is 0 Å². The molecule has 2 aromatic carbocycles. The quantitative estimate of drug-likeness (QED) is 0.672. The Hall–Kier alpha value is -1.86. The zero-order valence-corrected chi connectivity index (χ0v) is 14.7. The van der Waals surface area contributed by atoms with Crippen molar-refractivity contribution in [1.29, 1.82) is 0 Å². The van der Waals surface area contributed by atoms with Crippen LogP contribution in [0.5, 0.6) is 5.75 Å². The van der Waals surface area contributed by atoms with Crippen LogP contribution >= 0.6 is 23.4 Å². The van der Waals surface area contributed by atoms with Gasteiger partial charge in [-0.15, -0.1) is 11.8 Å². The van der Waals surface area contributed by atoms with Crippen LogP contribution in [0.25, 0.3) is 0 Å². The van der Waals surface area contributed by atoms with Gasteiger partial charge in [-0.2, -0.15) is 13.2 Å². The third-order valence-electron chi connectivity index (χ3n) is 3.05. The number of benzene rings is 2. The highest BCUT2D eigenvalue weighted by Crippen LogP contribution is 2.32. The maximum Gasteiger partial charge on any atom is 0.398 e. The Morgan fingerprint density at radius 1 is 1.20 bits per heavy atom. The van der Waals surface area contributed by atoms with Crippen molar-refractivity contribution in [3.8, 4) is 5.75 Å². The number of hydrogen-bond donors (Lipinski definition) is 1. The van der Waals surface area contributed by atoms with Crippen molar-refractivity contribution in [1.82, 2.24) is 0 Å². The Labute approximate surface area is 152 Å². The molecular formula is C17H15ClF3NO2S. The molecule has 1 N–H and O–H groups in total. The van der Waals surface area contributed by atoms with Crippen molar-refractivity contribution >= 4 is 35.0 Å². The number of amides is 1. The Bertz CT molecular complexity index is 740. The van der Waals surface area contributed by atoms with Crippen molar-refractivity contribution in [2.24, 2.45) is 0 Å². The first kappa shape index (κ1) is 19.5. The van der Waals surface area contributed by atoms with Crippen molar-refractivity contribution in [2.45, 2.75) is 24.1 Å². The van der Waals surface area contributed by atoms with Gasteiger partial charge in [0.05, 0.1) is 16.5 Å². The number of rotatable bonds is 6. The number of nitrogens with one attached hydrogen (secondary N) is 1. The summed E-state index contributed by atoms with van der Waals surface area (Å²) in [5.74, 6) is -1.17. The molecule has 0 aromatic heterocycles. The van der Waals surface area contributed by atoms with E-state index in [2.05, 4.69) is 5.32 Å². The van der Waals surface area contributed by atoms with Crippen LogP contribution in [0, 0.1) is 0 Å². The second kappa shape index (κ2) is 8.49. The van der Waals surface area contributed by atoms with Crippen molar-refractivity contribution < 1.29 is 22.7 Å². The normalized spacial score (nSPS) is 12.5. The first-order valence-corrected chi connectivity index (χ1v) is 8.63. The molecule has 0 radical (unpaired) electrons. The van der Waals surface area contributed by atoms with E-state index in [0.717, 1.165) is 0 Å². The third-order valence-corrected chi connectivity index (χ3v) is 4.50. The Morgan fingerprint density at radius 2 is 1.84 bits per heavy atom. The number of halogens is 4. The van der Waals surface area contributed by atoms with E-state index >= 15 is 0 Å². The lowest BCUT2D eigenvalue weighted by Gasteiger charge is -2.17. The Balaban J connectivity index is 2.03. The van der Waals surface area contributed by atoms with Gasteiger partial charge in [-0.1, -0.05) is 35.9 Å². The highest BCUT2D eigenvalue weighted by molar-refractivity contribution is 7.99. The van der Waals surface area contributed by atoms with Crippen molar-refractivity contribution in [2.75, 3.05) is 11.1 Å². The van der Waals surface area contributed by atoms with E-state index in [1.54, 1.807) is 42.5 Å². The maximum atomic E-state index is 12.4. The van der Waals surface area contributed by atoms with Crippen molar-refractivity contribution in [3.63, 3.8) is 0 Å². The largest absolute Gasteiger partial charge is 0.479 e. The lowest BCUT2D eigenvalue weighted by Crippen LogP contribution is -2.30. The third kappa shape index (κ3) is 6.17. The van der Waals surface area contributed by atoms with Gasteiger partial charge in [-0.25, -0.2) is 0 Å². The van der Waals surface area contributed by atoms with Crippen LogP contribution in [0.2, 0.25) is 5.02 Å². The summed E-state index contributed by atoms with van der Waals surface area (Å²) in [6, 6.07) is 13.0. The number of hydrogen-bond acceptors (Lipinski definition) is 3. The number of ether oxygens (including phenoxy) is 1. The van der Waals surface area contributed by atoms with Crippen molar-refractivity contribution in [3.05, 3.63) is 53.6 Å². The summed E-state index contributed by atoms with van der Waals surface area (Å²) in [5.41, 5.74) is 0.302. The van der Waals surface area contributed by atoms with E-state index in [9.17, 15) is 18.0 Å². The predicted octanol–water partition coefficient (Wildman–Crippen LogP) is 5.40. The Morgan fingerprint density at radius 3 is 2.52 bits per heavy atom. The second-order valence-corrected chi connectivity index (χ2v) is 6.50. The monoisotopic (exact) mass is 389 g/mol. The van der Waals surface area contributed by atoms with E-state index in [-0.39, 0.29) is 0 Å². The van der Waals surface area contributed by atoms with Gasteiger partial charge in [-0.05, 0) is 31.2 Å². The molecule has 0 saturated carbocycles. The topological polar surface area (TPSA) is 38.3 Å². The summed E-state index contributed by atoms with van der Waals surface area (Å²) in [4.78, 5) is 12.6. The van der Waals surface area contributed by atoms with Gasteiger partial charge >= 0.3 is 6.18 Å². The molecule has 0 aliphatic heterocycles. The number of thioether (sulfide) groups is 1. The standard InChI is InChI=1S/C17H15ClF3NO2S/c1-11(24-14-8-4-2-6-12(14)18)16(23)22-13-7-3-5-9-15(13)25-10-17(19,20)21/h2-9,11H,10H2,1H3,(H,22,23). The average molecular weight is 390 g/mol. The van der Waals surface area contributed by atoms with E-state index in [0.29, 0.717) is 33.1 Å². The number of carbonyl (C=O) groups is 1. The fourth-order valence-electron chi connectivity index (χ4n) is 1.87. The van der Waals surface area contributed by atoms with Gasteiger partial charge in [0.1, 0.15) is 5.75 Å². The van der Waals surface area contributed by atoms with Crippen LogP contribution in [0.4, 0.5) is 18.9 Å². The molecule has 1 atom stereocenters. The number of carbonyl (C=O) groups excluding carboxylic acids is 1. The first-order valence-electron chi connectivity index (χ1n) is 7.27. The average Bonchev–Trinajstić information content (AvgIpc) is 2.55. The van der Waals surface area contributed by atoms with E-state index in [4.69, 9.17) is 16.3 Å². The van der Waals surface area contributed by atoms with Crippen LogP contribution < -0.4 is 10.1 Å². The molecule has 8 heteroatoms. The number of anilines is 1. The molecule has 1 amide bonds. The molecule has 3 nitrogen and oxygen atoms in total. The lowest BCUT2D eigenvalue weighted by molar-refractivity contribution is -0.122. The molecular weight excluding hydrogens is 375 g/mol. The van der Waals surface area contributed by atoms with Gasteiger partial charge in [0.15, 0.2) is 6.10 Å². The van der Waals surface area contributed by atoms with Gasteiger partial charge in [-0.3, -0.25) is 4.79 Å². The fourth-order valence-corrected chi connectivity index (χ4v) is 2.82. The zero-order valence-electron chi connectivity index (χ0n) is 13.1. The summed E-state index contributed by atoms with van der Waals surface area (Å²) in [6.45, 7) is 1.53. The molecule has 0 spiro atoms. The van der Waals surface area contributed by atoms with Gasteiger partial charge < -0.3 is 10.1 Å². The summed E-state index contributed by atoms with van der Waals surface area (Å²) in [5, 5.41) is 2.96. The molecule has 0 aliphatic rings. The summed E-state index contributed by atoms with van der Waals surface area (Å²) in [7, 11) is 0. The fraction of sp³-hybridized carbons (Fsp3) is 0.235. The smallest absolute Gasteiger partial charge is 0.398 e. The molecule has 134 valence electrons. The van der Waals surface area contributed by atoms with Crippen LogP contribution in [0.15, 0.2) is 53.4 Å². The SMILES string of the molecule is CC(Oc1ccccc1Cl)C(=O)Nc1ccccc1SCC(F)(F)F. The molecule has 0 heterocycles. The molecule has 0 fully saturated rings. The summed E-state index contributed by atoms with van der Waals surface area (Å²) in [6.07, 6.45) is -5.16. The highest BCUT2D eigenvalue weighted by atomic mass is 35.5. The number of alkyl halides is 3. The second-order valence-electron chi connectivity index (χ2n) is 5.08. The zero-order chi connectivity index (χ0) is 18.4. The van der Waals surface area contributed by atoms with Crippen LogP contribution in [-0.2, 0) is 4.79 Å². The molecule has 0 bridgehead atoms. The van der Waals surface area contributed by atoms with Gasteiger partial charge in [0.25, 0.3) is 5.91 Å². The van der Waals surface area contributed by atoms with Crippen LogP contribution in [0.1, 0.15) is 6.92 Å². The number of para-hydroxylation sites is 2. The van der Waals surface area contributed by atoms with E-state index in [1.807, 2.05) is 0 Å². The minimum Gasteiger partial charge on any atom is -0.479 e. The lowest BCUT2D eigenvalue weighted by atomic mass is 10.3. The van der Waals surface area contributed by atoms with Gasteiger partial charge in [0.2, 0.25) is 0 Å². The minimum absolute atomic E-state index is 0.302. The molecule has 2 aromatic rings. The molecule has 0 aliphatic carbocycles. The summed E-state index contributed by atoms with van der Waals surface area (Å²) < 4.78 is 42.7. The van der Waals surface area contributed by atoms with E-state index < -0.39 is 23.9 Å². The predicted molar refractivity (Wildman–Crippen MR) is 93.4 cm³/mol. The first-order chi connectivity index (χ1) is 11.8. The van der Waals surface area contributed by atoms with Gasteiger partial charge in [0, 0.05) is 4.90 Å².